The Balaban J connectivity index is 1.67. The van der Waals surface area contributed by atoms with Gasteiger partial charge in [0, 0.05) is 30.9 Å². The number of hydrogen-bond acceptors (Lipinski definition) is 5. The molecule has 0 radical (unpaired) electrons. The van der Waals surface area contributed by atoms with Crippen LogP contribution in [-0.4, -0.2) is 46.9 Å². The molecule has 0 atom stereocenters. The van der Waals surface area contributed by atoms with Crippen molar-refractivity contribution in [2.45, 2.75) is 13.1 Å². The fraction of sp³-hybridized carbons (Fsp3) is 0.333. The van der Waals surface area contributed by atoms with Gasteiger partial charge in [-0.1, -0.05) is 12.1 Å². The van der Waals surface area contributed by atoms with E-state index in [1.54, 1.807) is 24.8 Å². The smallest absolute Gasteiger partial charge is 0.350 e. The number of fused-ring (bicyclic) bond motifs is 1. The molecule has 0 aliphatic carbocycles. The number of nitrogens with zero attached hydrogens (tertiary/aromatic N) is 4. The maximum atomic E-state index is 12.3. The molecule has 25 heavy (non-hydrogen) atoms. The summed E-state index contributed by atoms with van der Waals surface area (Å²) in [6, 6.07) is 11.3. The monoisotopic (exact) mass is 342 g/mol. The molecule has 0 saturated heterocycles. The third-order valence-electron chi connectivity index (χ3n) is 4.12. The van der Waals surface area contributed by atoms with Crippen molar-refractivity contribution in [1.29, 1.82) is 0 Å². The van der Waals surface area contributed by atoms with Gasteiger partial charge in [0.2, 0.25) is 0 Å². The highest BCUT2D eigenvalue weighted by atomic mass is 16.5. The van der Waals surface area contributed by atoms with Gasteiger partial charge in [-0.3, -0.25) is 4.40 Å². The highest BCUT2D eigenvalue weighted by Crippen LogP contribution is 2.25. The first-order valence-corrected chi connectivity index (χ1v) is 8.06. The molecule has 0 bridgehead atoms. The summed E-state index contributed by atoms with van der Waals surface area (Å²) < 4.78 is 13.7. The topological polar surface area (TPSA) is 61.0 Å². The summed E-state index contributed by atoms with van der Waals surface area (Å²) in [4.78, 5) is 14.4. The number of aromatic nitrogens is 3. The summed E-state index contributed by atoms with van der Waals surface area (Å²) in [6.07, 6.45) is 1.73. The van der Waals surface area contributed by atoms with E-state index in [9.17, 15) is 4.79 Å². The molecule has 3 rings (SSSR count). The van der Waals surface area contributed by atoms with Gasteiger partial charge in [0.15, 0.2) is 5.65 Å². The van der Waals surface area contributed by atoms with Crippen molar-refractivity contribution in [3.05, 3.63) is 58.6 Å². The third kappa shape index (κ3) is 3.66. The average molecular weight is 342 g/mol. The summed E-state index contributed by atoms with van der Waals surface area (Å²) in [5, 5.41) is 4.35. The van der Waals surface area contributed by atoms with Crippen molar-refractivity contribution >= 4 is 5.65 Å². The van der Waals surface area contributed by atoms with Crippen molar-refractivity contribution < 1.29 is 9.47 Å². The van der Waals surface area contributed by atoms with E-state index in [4.69, 9.17) is 9.47 Å². The molecule has 0 aliphatic rings. The number of pyridine rings is 1. The van der Waals surface area contributed by atoms with Gasteiger partial charge in [-0.15, -0.1) is 5.10 Å². The second-order valence-electron chi connectivity index (χ2n) is 5.85. The summed E-state index contributed by atoms with van der Waals surface area (Å²) in [5.41, 5.74) is 1.60. The van der Waals surface area contributed by atoms with Crippen LogP contribution < -0.4 is 15.2 Å². The fourth-order valence-electron chi connectivity index (χ4n) is 2.73. The van der Waals surface area contributed by atoms with E-state index in [2.05, 4.69) is 10.00 Å². The first-order valence-electron chi connectivity index (χ1n) is 8.06. The van der Waals surface area contributed by atoms with Crippen LogP contribution in [0.4, 0.5) is 0 Å². The molecule has 0 aliphatic heterocycles. The van der Waals surface area contributed by atoms with Gasteiger partial charge in [0.25, 0.3) is 0 Å². The molecule has 3 aromatic rings. The summed E-state index contributed by atoms with van der Waals surface area (Å²) >= 11 is 0. The van der Waals surface area contributed by atoms with Gasteiger partial charge in [0.1, 0.15) is 11.5 Å². The third-order valence-corrected chi connectivity index (χ3v) is 4.12. The van der Waals surface area contributed by atoms with Gasteiger partial charge in [-0.25, -0.2) is 9.48 Å². The minimum absolute atomic E-state index is 0.119. The van der Waals surface area contributed by atoms with E-state index in [1.807, 2.05) is 43.4 Å². The quantitative estimate of drug-likeness (QED) is 0.653. The van der Waals surface area contributed by atoms with Crippen LogP contribution in [-0.2, 0) is 13.1 Å². The van der Waals surface area contributed by atoms with Crippen LogP contribution in [0.5, 0.6) is 11.5 Å². The largest absolute Gasteiger partial charge is 0.497 e. The van der Waals surface area contributed by atoms with Crippen LogP contribution in [0.15, 0.2) is 47.4 Å². The molecule has 0 fully saturated rings. The number of benzene rings is 1. The van der Waals surface area contributed by atoms with Gasteiger partial charge >= 0.3 is 5.69 Å². The zero-order valence-electron chi connectivity index (χ0n) is 14.7. The number of hydrogen-bond donors (Lipinski definition) is 0. The van der Waals surface area contributed by atoms with Crippen molar-refractivity contribution in [3.8, 4) is 11.5 Å². The Bertz CT molecular complexity index is 916. The van der Waals surface area contributed by atoms with Crippen molar-refractivity contribution in [3.63, 3.8) is 0 Å². The number of methoxy groups -OCH3 is 2. The Kier molecular flexibility index (Phi) is 5.04. The van der Waals surface area contributed by atoms with Gasteiger partial charge in [-0.2, -0.15) is 0 Å². The van der Waals surface area contributed by atoms with E-state index in [1.165, 1.54) is 4.68 Å². The first-order chi connectivity index (χ1) is 12.1. The van der Waals surface area contributed by atoms with Crippen LogP contribution in [0, 0.1) is 0 Å². The summed E-state index contributed by atoms with van der Waals surface area (Å²) in [6.45, 7) is 1.92. The molecule has 0 unspecified atom stereocenters. The molecule has 7 heteroatoms. The minimum atomic E-state index is -0.119. The fourth-order valence-corrected chi connectivity index (χ4v) is 2.73. The normalized spacial score (nSPS) is 11.2. The molecular formula is C18H22N4O3. The number of rotatable bonds is 7. The van der Waals surface area contributed by atoms with E-state index in [0.29, 0.717) is 25.3 Å². The van der Waals surface area contributed by atoms with Crippen LogP contribution in [0.3, 0.4) is 0 Å². The van der Waals surface area contributed by atoms with Crippen LogP contribution in [0.2, 0.25) is 0 Å². The standard InChI is InChI=1S/C18H22N4O3/c1-20(13-14-7-8-15(24-2)12-16(14)25-3)10-11-22-18(23)21-9-5-4-6-17(21)19-22/h4-9,12H,10-11,13H2,1-3H3. The first kappa shape index (κ1) is 17.0. The van der Waals surface area contributed by atoms with E-state index < -0.39 is 0 Å². The Morgan fingerprint density at radius 1 is 1.16 bits per heavy atom. The molecule has 2 aromatic heterocycles. The van der Waals surface area contributed by atoms with Gasteiger partial charge < -0.3 is 14.4 Å². The lowest BCUT2D eigenvalue weighted by molar-refractivity contribution is 0.296. The van der Waals surface area contributed by atoms with Crippen LogP contribution in [0.25, 0.3) is 5.65 Å². The molecule has 0 N–H and O–H groups in total. The summed E-state index contributed by atoms with van der Waals surface area (Å²) in [5.74, 6) is 1.55. The lowest BCUT2D eigenvalue weighted by Crippen LogP contribution is -2.29. The van der Waals surface area contributed by atoms with E-state index in [0.717, 1.165) is 17.1 Å². The molecular weight excluding hydrogens is 320 g/mol. The predicted octanol–water partition coefficient (Wildman–Crippen LogP) is 1.65. The number of likely N-dealkylation sites (N-methyl/N-ethyl adjacent to an activating group) is 1. The molecule has 7 nitrogen and oxygen atoms in total. The Hall–Kier alpha value is -2.80. The second kappa shape index (κ2) is 7.40. The van der Waals surface area contributed by atoms with Crippen molar-refractivity contribution in [2.75, 3.05) is 27.8 Å². The number of ether oxygens (including phenoxy) is 2. The van der Waals surface area contributed by atoms with Gasteiger partial charge in [-0.05, 0) is 25.2 Å². The molecule has 1 aromatic carbocycles. The SMILES string of the molecule is COc1ccc(CN(C)CCn2nc3ccccn3c2=O)c(OC)c1. The molecule has 2 heterocycles. The zero-order valence-corrected chi connectivity index (χ0v) is 14.7. The van der Waals surface area contributed by atoms with Crippen molar-refractivity contribution in [2.24, 2.45) is 0 Å². The molecule has 132 valence electrons. The Morgan fingerprint density at radius 3 is 2.72 bits per heavy atom. The Labute approximate surface area is 146 Å². The molecule has 0 amide bonds. The predicted molar refractivity (Wildman–Crippen MR) is 95.3 cm³/mol. The zero-order chi connectivity index (χ0) is 17.8. The Morgan fingerprint density at radius 2 is 2.00 bits per heavy atom. The second-order valence-corrected chi connectivity index (χ2v) is 5.85. The highest BCUT2D eigenvalue weighted by Gasteiger charge is 2.10. The molecule has 0 spiro atoms. The molecule has 0 saturated carbocycles. The van der Waals surface area contributed by atoms with Crippen LogP contribution in [0.1, 0.15) is 5.56 Å². The minimum Gasteiger partial charge on any atom is -0.497 e. The van der Waals surface area contributed by atoms with Crippen LogP contribution >= 0.6 is 0 Å². The lowest BCUT2D eigenvalue weighted by atomic mass is 10.2. The van der Waals surface area contributed by atoms with E-state index >= 15 is 0 Å². The lowest BCUT2D eigenvalue weighted by Gasteiger charge is -2.18. The van der Waals surface area contributed by atoms with Crippen molar-refractivity contribution in [1.82, 2.24) is 19.1 Å². The van der Waals surface area contributed by atoms with E-state index in [-0.39, 0.29) is 5.69 Å². The average Bonchev–Trinajstić information content (AvgIpc) is 2.96. The highest BCUT2D eigenvalue weighted by molar-refractivity contribution is 5.40. The maximum Gasteiger partial charge on any atom is 0.350 e. The van der Waals surface area contributed by atoms with Gasteiger partial charge in [0.05, 0.1) is 20.8 Å². The maximum absolute atomic E-state index is 12.3. The summed E-state index contributed by atoms with van der Waals surface area (Å²) in [7, 11) is 5.28.